The highest BCUT2D eigenvalue weighted by Crippen LogP contribution is 2.30. The second-order valence-corrected chi connectivity index (χ2v) is 8.58. The summed E-state index contributed by atoms with van der Waals surface area (Å²) in [5, 5.41) is 12.0. The molecular weight excluding hydrogens is 444 g/mol. The number of nitrogens with one attached hydrogen (secondary N) is 1. The van der Waals surface area contributed by atoms with Gasteiger partial charge in [-0.25, -0.2) is 0 Å². The zero-order valence-corrected chi connectivity index (χ0v) is 19.1. The predicted molar refractivity (Wildman–Crippen MR) is 129 cm³/mol. The van der Waals surface area contributed by atoms with Crippen molar-refractivity contribution in [2.24, 2.45) is 0 Å². The fourth-order valence-corrected chi connectivity index (χ4v) is 4.11. The maximum atomic E-state index is 12.7. The quantitative estimate of drug-likeness (QED) is 0.374. The van der Waals surface area contributed by atoms with Crippen molar-refractivity contribution in [3.63, 3.8) is 0 Å². The molecule has 0 bridgehead atoms. The lowest BCUT2D eigenvalue weighted by Gasteiger charge is -2.17. The number of ether oxygens (including phenoxy) is 1. The molecule has 1 atom stereocenters. The molecule has 0 aliphatic rings. The van der Waals surface area contributed by atoms with Crippen LogP contribution in [0.5, 0.6) is 5.75 Å². The van der Waals surface area contributed by atoms with Gasteiger partial charge in [-0.05, 0) is 53.8 Å². The third kappa shape index (κ3) is 5.23. The van der Waals surface area contributed by atoms with Crippen LogP contribution in [0, 0.1) is 0 Å². The summed E-state index contributed by atoms with van der Waals surface area (Å²) in [6.45, 7) is -0.142. The van der Waals surface area contributed by atoms with Crippen LogP contribution in [-0.4, -0.2) is 39.1 Å². The fourth-order valence-electron chi connectivity index (χ4n) is 3.41. The molecule has 2 aromatic heterocycles. The summed E-state index contributed by atoms with van der Waals surface area (Å²) in [4.78, 5) is 12.7. The molecule has 0 aliphatic heterocycles. The van der Waals surface area contributed by atoms with Gasteiger partial charge in [0.15, 0.2) is 18.1 Å². The molecule has 4 aromatic rings. The molecule has 0 fully saturated rings. The van der Waals surface area contributed by atoms with Gasteiger partial charge in [-0.3, -0.25) is 9.20 Å². The summed E-state index contributed by atoms with van der Waals surface area (Å²) >= 11 is 8.12. The Balaban J connectivity index is 1.42. The van der Waals surface area contributed by atoms with Gasteiger partial charge in [-0.15, -0.1) is 10.2 Å². The van der Waals surface area contributed by atoms with Crippen molar-refractivity contribution in [1.29, 1.82) is 0 Å². The highest BCUT2D eigenvalue weighted by molar-refractivity contribution is 7.98. The Bertz CT molecular complexity index is 1200. The molecule has 0 aliphatic carbocycles. The average molecular weight is 467 g/mol. The van der Waals surface area contributed by atoms with Gasteiger partial charge in [-0.2, -0.15) is 11.8 Å². The van der Waals surface area contributed by atoms with Crippen LogP contribution in [0.1, 0.15) is 18.3 Å². The number of thioether (sulfide) groups is 1. The summed E-state index contributed by atoms with van der Waals surface area (Å²) in [6, 6.07) is 20.9. The fraction of sp³-hybridized carbons (Fsp3) is 0.208. The summed E-state index contributed by atoms with van der Waals surface area (Å²) in [7, 11) is 0. The minimum absolute atomic E-state index is 0.142. The van der Waals surface area contributed by atoms with E-state index in [2.05, 4.69) is 15.5 Å². The Hall–Kier alpha value is -3.03. The number of carbonyl (C=O) groups is 1. The number of nitrogens with zero attached hydrogens (tertiary/aromatic N) is 3. The Labute approximate surface area is 196 Å². The van der Waals surface area contributed by atoms with Gasteiger partial charge in [0.05, 0.1) is 11.1 Å². The molecule has 1 unspecified atom stereocenters. The van der Waals surface area contributed by atoms with E-state index in [1.807, 2.05) is 77.5 Å². The number of halogens is 1. The molecule has 6 nitrogen and oxygen atoms in total. The third-order valence-corrected chi connectivity index (χ3v) is 5.93. The zero-order chi connectivity index (χ0) is 22.3. The number of benzene rings is 2. The highest BCUT2D eigenvalue weighted by Gasteiger charge is 2.20. The molecule has 1 amide bonds. The van der Waals surface area contributed by atoms with Crippen molar-refractivity contribution in [3.05, 3.63) is 83.8 Å². The normalized spacial score (nSPS) is 11.9. The van der Waals surface area contributed by atoms with Crippen molar-refractivity contribution in [3.8, 4) is 16.9 Å². The topological polar surface area (TPSA) is 68.5 Å². The summed E-state index contributed by atoms with van der Waals surface area (Å²) < 4.78 is 7.60. The monoisotopic (exact) mass is 466 g/mol. The van der Waals surface area contributed by atoms with E-state index >= 15 is 0 Å². The number of rotatable bonds is 9. The van der Waals surface area contributed by atoms with Gasteiger partial charge >= 0.3 is 0 Å². The van der Waals surface area contributed by atoms with Crippen molar-refractivity contribution in [2.75, 3.05) is 18.6 Å². The first kappa shape index (κ1) is 22.2. The lowest BCUT2D eigenvalue weighted by Crippen LogP contribution is -2.34. The predicted octanol–water partition coefficient (Wildman–Crippen LogP) is 5.04. The Kier molecular flexibility index (Phi) is 7.29. The van der Waals surface area contributed by atoms with Gasteiger partial charge in [0.25, 0.3) is 5.91 Å². The SMILES string of the molecule is CSCCC(NC(=O)COc1ccc(-c2ccccc2)cc1Cl)c1nnc2ccccn12. The molecule has 2 aromatic carbocycles. The molecule has 2 heterocycles. The van der Waals surface area contributed by atoms with Crippen LogP contribution in [0.3, 0.4) is 0 Å². The zero-order valence-electron chi connectivity index (χ0n) is 17.6. The van der Waals surface area contributed by atoms with Crippen molar-refractivity contribution in [2.45, 2.75) is 12.5 Å². The standard InChI is InChI=1S/C24H23ClN4O2S/c1-32-14-12-20(24-28-27-22-9-5-6-13-29(22)24)26-23(30)16-31-21-11-10-18(15-19(21)25)17-7-3-2-4-8-17/h2-11,13,15,20H,12,14,16H2,1H3,(H,26,30). The van der Waals surface area contributed by atoms with E-state index in [4.69, 9.17) is 16.3 Å². The van der Waals surface area contributed by atoms with Crippen molar-refractivity contribution in [1.82, 2.24) is 19.9 Å². The second kappa shape index (κ2) is 10.5. The molecule has 0 saturated heterocycles. The second-order valence-electron chi connectivity index (χ2n) is 7.19. The highest BCUT2D eigenvalue weighted by atomic mass is 35.5. The lowest BCUT2D eigenvalue weighted by molar-refractivity contribution is -0.123. The molecule has 164 valence electrons. The van der Waals surface area contributed by atoms with Crippen LogP contribution in [0.2, 0.25) is 5.02 Å². The van der Waals surface area contributed by atoms with E-state index in [1.165, 1.54) is 0 Å². The number of amides is 1. The largest absolute Gasteiger partial charge is 0.482 e. The molecule has 8 heteroatoms. The molecule has 0 radical (unpaired) electrons. The molecule has 1 N–H and O–H groups in total. The first-order valence-corrected chi connectivity index (χ1v) is 12.0. The molecule has 0 spiro atoms. The molecular formula is C24H23ClN4O2S. The van der Waals surface area contributed by atoms with E-state index < -0.39 is 0 Å². The van der Waals surface area contributed by atoms with Crippen molar-refractivity contribution < 1.29 is 9.53 Å². The minimum Gasteiger partial charge on any atom is -0.482 e. The number of pyridine rings is 1. The maximum absolute atomic E-state index is 12.7. The third-order valence-electron chi connectivity index (χ3n) is 5.00. The number of fused-ring (bicyclic) bond motifs is 1. The van der Waals surface area contributed by atoms with Crippen LogP contribution in [0.4, 0.5) is 0 Å². The van der Waals surface area contributed by atoms with Crippen LogP contribution in [-0.2, 0) is 4.79 Å². The van der Waals surface area contributed by atoms with Gasteiger partial charge in [0, 0.05) is 6.20 Å². The first-order valence-electron chi connectivity index (χ1n) is 10.2. The number of aromatic nitrogens is 3. The summed E-state index contributed by atoms with van der Waals surface area (Å²) in [5.41, 5.74) is 2.80. The minimum atomic E-state index is -0.271. The smallest absolute Gasteiger partial charge is 0.258 e. The molecule has 4 rings (SSSR count). The lowest BCUT2D eigenvalue weighted by atomic mass is 10.1. The number of hydrogen-bond donors (Lipinski definition) is 1. The van der Waals surface area contributed by atoms with Crippen LogP contribution < -0.4 is 10.1 Å². The maximum Gasteiger partial charge on any atom is 0.258 e. The summed E-state index contributed by atoms with van der Waals surface area (Å²) in [5.74, 6) is 1.80. The van der Waals surface area contributed by atoms with Crippen LogP contribution in [0.25, 0.3) is 16.8 Å². The van der Waals surface area contributed by atoms with E-state index in [-0.39, 0.29) is 18.6 Å². The Morgan fingerprint density at radius 3 is 2.69 bits per heavy atom. The van der Waals surface area contributed by atoms with Crippen LogP contribution in [0.15, 0.2) is 72.9 Å². The van der Waals surface area contributed by atoms with Crippen LogP contribution >= 0.6 is 23.4 Å². The van der Waals surface area contributed by atoms with E-state index in [0.717, 1.165) is 28.9 Å². The summed E-state index contributed by atoms with van der Waals surface area (Å²) in [6.07, 6.45) is 4.66. The van der Waals surface area contributed by atoms with Gasteiger partial charge in [-0.1, -0.05) is 54.1 Å². The van der Waals surface area contributed by atoms with Gasteiger partial charge < -0.3 is 10.1 Å². The first-order chi connectivity index (χ1) is 15.7. The molecule has 32 heavy (non-hydrogen) atoms. The number of carbonyl (C=O) groups excluding carboxylic acids is 1. The van der Waals surface area contributed by atoms with E-state index in [9.17, 15) is 4.79 Å². The number of hydrogen-bond acceptors (Lipinski definition) is 5. The van der Waals surface area contributed by atoms with Gasteiger partial charge in [0.2, 0.25) is 0 Å². The molecule has 0 saturated carbocycles. The van der Waals surface area contributed by atoms with Gasteiger partial charge in [0.1, 0.15) is 5.75 Å². The van der Waals surface area contributed by atoms with E-state index in [0.29, 0.717) is 16.6 Å². The Morgan fingerprint density at radius 1 is 1.09 bits per heavy atom. The van der Waals surface area contributed by atoms with E-state index in [1.54, 1.807) is 17.8 Å². The average Bonchev–Trinajstić information content (AvgIpc) is 3.25. The Morgan fingerprint density at radius 2 is 1.91 bits per heavy atom. The van der Waals surface area contributed by atoms with Crippen molar-refractivity contribution >= 4 is 34.9 Å².